The number of rotatable bonds is 3. The van der Waals surface area contributed by atoms with Gasteiger partial charge in [0.1, 0.15) is 5.82 Å². The van der Waals surface area contributed by atoms with Crippen LogP contribution in [0.25, 0.3) is 11.5 Å². The predicted molar refractivity (Wildman–Crippen MR) is 92.6 cm³/mol. The highest BCUT2D eigenvalue weighted by Gasteiger charge is 2.13. The Labute approximate surface area is 146 Å². The normalized spacial score (nSPS) is 10.6. The first-order chi connectivity index (χ1) is 10.1. The van der Waals surface area contributed by atoms with Crippen molar-refractivity contribution in [3.63, 3.8) is 0 Å². The number of anilines is 2. The van der Waals surface area contributed by atoms with Crippen LogP contribution in [0, 0.1) is 13.3 Å². The van der Waals surface area contributed by atoms with Crippen molar-refractivity contribution in [2.45, 2.75) is 0 Å². The Hall–Kier alpha value is -1.30. The molecule has 21 heavy (non-hydrogen) atoms. The second kappa shape index (κ2) is 6.22. The Morgan fingerprint density at radius 1 is 1.10 bits per heavy atom. The molecule has 0 aliphatic rings. The van der Waals surface area contributed by atoms with E-state index < -0.39 is 0 Å². The molecule has 0 aliphatic heterocycles. The lowest BCUT2D eigenvalue weighted by molar-refractivity contribution is 0.537. The number of halogens is 3. The molecule has 0 spiro atoms. The van der Waals surface area contributed by atoms with E-state index in [0.717, 1.165) is 3.57 Å². The van der Waals surface area contributed by atoms with E-state index in [1.807, 2.05) is 28.7 Å². The lowest BCUT2D eigenvalue weighted by Crippen LogP contribution is -1.97. The first-order valence-corrected chi connectivity index (χ1v) is 7.95. The number of nitrogens with zero attached hydrogens (tertiary/aromatic N) is 3. The summed E-state index contributed by atoms with van der Waals surface area (Å²) in [6.07, 6.45) is 3.20. The van der Waals surface area contributed by atoms with Gasteiger partial charge in [-0.05, 0) is 46.9 Å². The molecule has 3 aromatic rings. The third-order valence-corrected chi connectivity index (χ3v) is 3.76. The molecule has 0 aliphatic carbocycles. The van der Waals surface area contributed by atoms with Crippen molar-refractivity contribution in [1.82, 2.24) is 15.2 Å². The van der Waals surface area contributed by atoms with Gasteiger partial charge in [-0.1, -0.05) is 0 Å². The third kappa shape index (κ3) is 3.31. The van der Waals surface area contributed by atoms with Gasteiger partial charge in [0.2, 0.25) is 0 Å². The zero-order chi connectivity index (χ0) is 14.8. The number of benzene rings is 1. The number of pyridine rings is 1. The second-order valence-electron chi connectivity index (χ2n) is 4.03. The molecule has 0 atom stereocenters. The summed E-state index contributed by atoms with van der Waals surface area (Å²) < 4.78 is 20.6. The molecular weight excluding hydrogens is 501 g/mol. The van der Waals surface area contributed by atoms with Crippen LogP contribution in [0.15, 0.2) is 41.1 Å². The maximum Gasteiger partial charge on any atom is 0.278 e. The molecule has 0 saturated carbocycles. The fraction of sp³-hybridized carbons (Fsp3) is 0. The Morgan fingerprint density at radius 2 is 1.95 bits per heavy atom. The summed E-state index contributed by atoms with van der Waals surface area (Å²) in [6.45, 7) is 0. The largest absolute Gasteiger partial charge is 0.412 e. The first-order valence-electron chi connectivity index (χ1n) is 5.79. The summed E-state index contributed by atoms with van der Waals surface area (Å²) in [5, 5.41) is 10.8. The van der Waals surface area contributed by atoms with Crippen LogP contribution in [0.4, 0.5) is 15.8 Å². The molecule has 5 nitrogen and oxygen atoms in total. The van der Waals surface area contributed by atoms with Crippen molar-refractivity contribution >= 4 is 56.6 Å². The van der Waals surface area contributed by atoms with E-state index >= 15 is 0 Å². The van der Waals surface area contributed by atoms with E-state index in [2.05, 4.69) is 43.1 Å². The topological polar surface area (TPSA) is 63.8 Å². The van der Waals surface area contributed by atoms with Crippen LogP contribution < -0.4 is 5.32 Å². The highest BCUT2D eigenvalue weighted by atomic mass is 127. The quantitative estimate of drug-likeness (QED) is 0.538. The van der Waals surface area contributed by atoms with Gasteiger partial charge in [0.25, 0.3) is 9.79 Å². The van der Waals surface area contributed by atoms with Gasteiger partial charge in [-0.25, -0.2) is 4.39 Å². The summed E-state index contributed by atoms with van der Waals surface area (Å²) >= 11 is 3.99. The first kappa shape index (κ1) is 14.6. The van der Waals surface area contributed by atoms with Gasteiger partial charge in [0, 0.05) is 32.4 Å². The van der Waals surface area contributed by atoms with E-state index in [-0.39, 0.29) is 5.82 Å². The molecule has 106 valence electrons. The SMILES string of the molecule is Fc1cc(I)ccc1Nc1cnccc1-c1nnc(I)o1. The van der Waals surface area contributed by atoms with Gasteiger partial charge < -0.3 is 9.73 Å². The van der Waals surface area contributed by atoms with Gasteiger partial charge >= 0.3 is 0 Å². The second-order valence-corrected chi connectivity index (χ2v) is 6.20. The van der Waals surface area contributed by atoms with Gasteiger partial charge in [-0.3, -0.25) is 4.98 Å². The molecule has 2 heterocycles. The maximum atomic E-state index is 13.9. The summed E-state index contributed by atoms with van der Waals surface area (Å²) in [5.41, 5.74) is 1.62. The molecule has 0 radical (unpaired) electrons. The lowest BCUT2D eigenvalue weighted by Gasteiger charge is -2.10. The molecular formula is C13H7FI2N4O. The van der Waals surface area contributed by atoms with Crippen LogP contribution in [0.3, 0.4) is 0 Å². The van der Waals surface area contributed by atoms with Gasteiger partial charge in [0.15, 0.2) is 0 Å². The number of hydrogen-bond acceptors (Lipinski definition) is 5. The van der Waals surface area contributed by atoms with Crippen molar-refractivity contribution in [3.05, 3.63) is 49.9 Å². The highest BCUT2D eigenvalue weighted by molar-refractivity contribution is 14.1. The molecule has 8 heteroatoms. The Morgan fingerprint density at radius 3 is 2.67 bits per heavy atom. The van der Waals surface area contributed by atoms with Crippen LogP contribution in [-0.4, -0.2) is 15.2 Å². The average molecular weight is 508 g/mol. The fourth-order valence-electron chi connectivity index (χ4n) is 1.73. The van der Waals surface area contributed by atoms with E-state index in [9.17, 15) is 4.39 Å². The van der Waals surface area contributed by atoms with Crippen LogP contribution in [0.5, 0.6) is 0 Å². The molecule has 2 aromatic heterocycles. The summed E-state index contributed by atoms with van der Waals surface area (Å²) in [4.78, 5) is 4.04. The fourth-order valence-corrected chi connectivity index (χ4v) is 2.50. The van der Waals surface area contributed by atoms with Crippen molar-refractivity contribution in [2.75, 3.05) is 5.32 Å². The zero-order valence-electron chi connectivity index (χ0n) is 10.3. The number of nitrogens with one attached hydrogen (secondary N) is 1. The minimum atomic E-state index is -0.336. The standard InChI is InChI=1S/C13H7FI2N4O/c14-9-5-7(15)1-2-10(9)18-11-6-17-4-3-8(11)12-19-20-13(16)21-12/h1-6,18H. The van der Waals surface area contributed by atoms with Crippen LogP contribution in [-0.2, 0) is 0 Å². The number of aromatic nitrogens is 3. The number of hydrogen-bond donors (Lipinski definition) is 1. The highest BCUT2D eigenvalue weighted by Crippen LogP contribution is 2.30. The van der Waals surface area contributed by atoms with Crippen molar-refractivity contribution < 1.29 is 8.81 Å². The van der Waals surface area contributed by atoms with Gasteiger partial charge in [-0.15, -0.1) is 10.2 Å². The van der Waals surface area contributed by atoms with Crippen LogP contribution >= 0.6 is 45.2 Å². The lowest BCUT2D eigenvalue weighted by atomic mass is 10.2. The third-order valence-electron chi connectivity index (χ3n) is 2.65. The van der Waals surface area contributed by atoms with Gasteiger partial charge in [-0.2, -0.15) is 0 Å². The summed E-state index contributed by atoms with van der Waals surface area (Å²) in [6, 6.07) is 6.67. The van der Waals surface area contributed by atoms with Crippen molar-refractivity contribution in [3.8, 4) is 11.5 Å². The van der Waals surface area contributed by atoms with E-state index in [4.69, 9.17) is 4.42 Å². The minimum absolute atomic E-state index is 0.336. The molecule has 0 bridgehead atoms. The Kier molecular flexibility index (Phi) is 4.33. The average Bonchev–Trinajstić information content (AvgIpc) is 2.89. The molecule has 1 N–H and O–H groups in total. The van der Waals surface area contributed by atoms with Crippen LogP contribution in [0.2, 0.25) is 0 Å². The van der Waals surface area contributed by atoms with E-state index in [0.29, 0.717) is 26.7 Å². The monoisotopic (exact) mass is 508 g/mol. The molecule has 0 saturated heterocycles. The molecule has 3 rings (SSSR count). The molecule has 0 fully saturated rings. The molecule has 0 unspecified atom stereocenters. The molecule has 1 aromatic carbocycles. The minimum Gasteiger partial charge on any atom is -0.412 e. The van der Waals surface area contributed by atoms with Crippen molar-refractivity contribution in [2.24, 2.45) is 0 Å². The smallest absolute Gasteiger partial charge is 0.278 e. The Bertz CT molecular complexity index is 793. The Balaban J connectivity index is 1.99. The zero-order valence-corrected chi connectivity index (χ0v) is 14.7. The molecule has 0 amide bonds. The van der Waals surface area contributed by atoms with E-state index in [1.165, 1.54) is 6.07 Å². The van der Waals surface area contributed by atoms with E-state index in [1.54, 1.807) is 24.5 Å². The summed E-state index contributed by atoms with van der Waals surface area (Å²) in [7, 11) is 0. The predicted octanol–water partition coefficient (Wildman–Crippen LogP) is 4.22. The van der Waals surface area contributed by atoms with Gasteiger partial charge in [0.05, 0.1) is 23.1 Å². The summed E-state index contributed by atoms with van der Waals surface area (Å²) in [5.74, 6) is 0.0204. The van der Waals surface area contributed by atoms with Crippen molar-refractivity contribution in [1.29, 1.82) is 0 Å². The van der Waals surface area contributed by atoms with Crippen LogP contribution in [0.1, 0.15) is 0 Å². The maximum absolute atomic E-state index is 13.9.